The SMILES string of the molecule is Cc1cccnc1CNc1cc(C#N)ccc1Cl. The van der Waals surface area contributed by atoms with Crippen LogP contribution in [0.15, 0.2) is 36.5 Å². The maximum Gasteiger partial charge on any atom is 0.0992 e. The third-order valence-electron chi connectivity index (χ3n) is 2.66. The van der Waals surface area contributed by atoms with E-state index in [2.05, 4.69) is 16.4 Å². The topological polar surface area (TPSA) is 48.7 Å². The molecule has 1 aromatic heterocycles. The van der Waals surface area contributed by atoms with Gasteiger partial charge in [-0.05, 0) is 36.8 Å². The fourth-order valence-corrected chi connectivity index (χ4v) is 1.80. The van der Waals surface area contributed by atoms with Gasteiger partial charge in [0.1, 0.15) is 0 Å². The normalized spacial score (nSPS) is 9.83. The predicted molar refractivity (Wildman–Crippen MR) is 72.5 cm³/mol. The molecule has 0 atom stereocenters. The molecule has 3 nitrogen and oxygen atoms in total. The first-order valence-corrected chi connectivity index (χ1v) is 5.92. The van der Waals surface area contributed by atoms with Gasteiger partial charge in [-0.2, -0.15) is 5.26 Å². The first-order valence-electron chi connectivity index (χ1n) is 5.54. The Hall–Kier alpha value is -2.05. The van der Waals surface area contributed by atoms with E-state index in [1.165, 1.54) is 0 Å². The smallest absolute Gasteiger partial charge is 0.0992 e. The molecule has 0 aliphatic heterocycles. The maximum absolute atomic E-state index is 8.85. The van der Waals surface area contributed by atoms with E-state index in [-0.39, 0.29) is 0 Å². The predicted octanol–water partition coefficient (Wildman–Crippen LogP) is 3.53. The molecular formula is C14H12ClN3. The highest BCUT2D eigenvalue weighted by Crippen LogP contribution is 2.23. The molecule has 0 unspecified atom stereocenters. The molecule has 0 amide bonds. The second-order valence-corrected chi connectivity index (χ2v) is 4.33. The van der Waals surface area contributed by atoms with Crippen molar-refractivity contribution in [3.8, 4) is 6.07 Å². The summed E-state index contributed by atoms with van der Waals surface area (Å²) in [5, 5.41) is 12.6. The van der Waals surface area contributed by atoms with Crippen LogP contribution in [-0.2, 0) is 6.54 Å². The molecule has 0 fully saturated rings. The van der Waals surface area contributed by atoms with Gasteiger partial charge in [-0.3, -0.25) is 4.98 Å². The monoisotopic (exact) mass is 257 g/mol. The van der Waals surface area contributed by atoms with Gasteiger partial charge in [0.05, 0.1) is 34.6 Å². The van der Waals surface area contributed by atoms with Crippen LogP contribution >= 0.6 is 11.6 Å². The minimum atomic E-state index is 0.583. The summed E-state index contributed by atoms with van der Waals surface area (Å²) in [5.41, 5.74) is 3.42. The number of halogens is 1. The Morgan fingerprint density at radius 1 is 1.39 bits per heavy atom. The molecule has 1 heterocycles. The summed E-state index contributed by atoms with van der Waals surface area (Å²) in [4.78, 5) is 4.30. The van der Waals surface area contributed by atoms with Crippen LogP contribution in [0.25, 0.3) is 0 Å². The van der Waals surface area contributed by atoms with Crippen LogP contribution in [-0.4, -0.2) is 4.98 Å². The first kappa shape index (κ1) is 12.4. The maximum atomic E-state index is 8.85. The molecular weight excluding hydrogens is 246 g/mol. The highest BCUT2D eigenvalue weighted by atomic mass is 35.5. The number of anilines is 1. The van der Waals surface area contributed by atoms with Crippen LogP contribution in [0.4, 0.5) is 5.69 Å². The molecule has 90 valence electrons. The first-order chi connectivity index (χ1) is 8.70. The van der Waals surface area contributed by atoms with E-state index in [1.807, 2.05) is 19.1 Å². The number of nitrogens with one attached hydrogen (secondary N) is 1. The number of benzene rings is 1. The van der Waals surface area contributed by atoms with Crippen molar-refractivity contribution in [3.63, 3.8) is 0 Å². The Bertz CT molecular complexity index is 602. The largest absolute Gasteiger partial charge is 0.378 e. The molecule has 1 aromatic carbocycles. The second kappa shape index (κ2) is 5.52. The quantitative estimate of drug-likeness (QED) is 0.915. The fourth-order valence-electron chi connectivity index (χ4n) is 1.61. The van der Waals surface area contributed by atoms with Crippen molar-refractivity contribution in [1.82, 2.24) is 4.98 Å². The van der Waals surface area contributed by atoms with Gasteiger partial charge in [-0.1, -0.05) is 17.7 Å². The molecule has 0 saturated carbocycles. The number of pyridine rings is 1. The van der Waals surface area contributed by atoms with Crippen molar-refractivity contribution in [3.05, 3.63) is 58.4 Å². The van der Waals surface area contributed by atoms with Gasteiger partial charge in [0.2, 0.25) is 0 Å². The lowest BCUT2D eigenvalue weighted by Gasteiger charge is -2.09. The van der Waals surface area contributed by atoms with Gasteiger partial charge >= 0.3 is 0 Å². The van der Waals surface area contributed by atoms with Crippen molar-refractivity contribution in [2.24, 2.45) is 0 Å². The van der Waals surface area contributed by atoms with E-state index in [4.69, 9.17) is 16.9 Å². The minimum Gasteiger partial charge on any atom is -0.378 e. The highest BCUT2D eigenvalue weighted by Gasteiger charge is 2.03. The number of nitrogens with zero attached hydrogens (tertiary/aromatic N) is 2. The zero-order valence-corrected chi connectivity index (χ0v) is 10.7. The van der Waals surface area contributed by atoms with Crippen LogP contribution in [0.5, 0.6) is 0 Å². The third kappa shape index (κ3) is 2.79. The van der Waals surface area contributed by atoms with E-state index in [1.54, 1.807) is 24.4 Å². The van der Waals surface area contributed by atoms with Gasteiger partial charge < -0.3 is 5.32 Å². The molecule has 0 saturated heterocycles. The average Bonchev–Trinajstić information content (AvgIpc) is 2.39. The van der Waals surface area contributed by atoms with Crippen LogP contribution in [0.2, 0.25) is 5.02 Å². The van der Waals surface area contributed by atoms with Crippen LogP contribution in [0, 0.1) is 18.3 Å². The molecule has 0 spiro atoms. The number of aryl methyl sites for hydroxylation is 1. The summed E-state index contributed by atoms with van der Waals surface area (Å²) in [6, 6.07) is 11.2. The Morgan fingerprint density at radius 2 is 2.22 bits per heavy atom. The number of rotatable bonds is 3. The summed E-state index contributed by atoms with van der Waals surface area (Å²) < 4.78 is 0. The average molecular weight is 258 g/mol. The number of hydrogen-bond donors (Lipinski definition) is 1. The van der Waals surface area contributed by atoms with Gasteiger partial charge in [-0.15, -0.1) is 0 Å². The van der Waals surface area contributed by atoms with E-state index in [0.29, 0.717) is 17.1 Å². The lowest BCUT2D eigenvalue weighted by molar-refractivity contribution is 1.02. The Kier molecular flexibility index (Phi) is 3.81. The highest BCUT2D eigenvalue weighted by molar-refractivity contribution is 6.33. The lowest BCUT2D eigenvalue weighted by Crippen LogP contribution is -2.04. The van der Waals surface area contributed by atoms with Crippen molar-refractivity contribution < 1.29 is 0 Å². The van der Waals surface area contributed by atoms with E-state index in [9.17, 15) is 0 Å². The zero-order chi connectivity index (χ0) is 13.0. The number of hydrogen-bond acceptors (Lipinski definition) is 3. The molecule has 1 N–H and O–H groups in total. The van der Waals surface area contributed by atoms with E-state index >= 15 is 0 Å². The summed E-state index contributed by atoms with van der Waals surface area (Å²) in [6.45, 7) is 2.60. The number of nitriles is 1. The van der Waals surface area contributed by atoms with E-state index in [0.717, 1.165) is 16.9 Å². The third-order valence-corrected chi connectivity index (χ3v) is 2.99. The van der Waals surface area contributed by atoms with Gasteiger partial charge in [0.25, 0.3) is 0 Å². The molecule has 4 heteroatoms. The lowest BCUT2D eigenvalue weighted by atomic mass is 10.2. The van der Waals surface area contributed by atoms with Crippen molar-refractivity contribution in [1.29, 1.82) is 5.26 Å². The van der Waals surface area contributed by atoms with Crippen LogP contribution in [0.3, 0.4) is 0 Å². The molecule has 0 bridgehead atoms. The van der Waals surface area contributed by atoms with E-state index < -0.39 is 0 Å². The molecule has 0 aliphatic rings. The summed E-state index contributed by atoms with van der Waals surface area (Å²) in [5.74, 6) is 0. The van der Waals surface area contributed by atoms with Crippen molar-refractivity contribution in [2.75, 3.05) is 5.32 Å². The van der Waals surface area contributed by atoms with Gasteiger partial charge in [0, 0.05) is 6.20 Å². The Morgan fingerprint density at radius 3 is 2.94 bits per heavy atom. The molecule has 0 radical (unpaired) electrons. The summed E-state index contributed by atoms with van der Waals surface area (Å²) in [6.07, 6.45) is 1.76. The van der Waals surface area contributed by atoms with Gasteiger partial charge in [0.15, 0.2) is 0 Å². The molecule has 2 aromatic rings. The second-order valence-electron chi connectivity index (χ2n) is 3.93. The number of aromatic nitrogens is 1. The minimum absolute atomic E-state index is 0.583. The Labute approximate surface area is 111 Å². The standard InChI is InChI=1S/C14H12ClN3/c1-10-3-2-6-17-14(10)9-18-13-7-11(8-16)4-5-12(13)15/h2-7,18H,9H2,1H3. The van der Waals surface area contributed by atoms with Crippen LogP contribution in [0.1, 0.15) is 16.8 Å². The zero-order valence-electron chi connectivity index (χ0n) is 9.94. The summed E-state index contributed by atoms with van der Waals surface area (Å²) >= 11 is 6.07. The molecule has 18 heavy (non-hydrogen) atoms. The Balaban J connectivity index is 2.16. The molecule has 0 aliphatic carbocycles. The fraction of sp³-hybridized carbons (Fsp3) is 0.143. The van der Waals surface area contributed by atoms with Crippen LogP contribution < -0.4 is 5.32 Å². The molecule has 2 rings (SSSR count). The van der Waals surface area contributed by atoms with Crippen molar-refractivity contribution >= 4 is 17.3 Å². The van der Waals surface area contributed by atoms with Gasteiger partial charge in [-0.25, -0.2) is 0 Å². The summed E-state index contributed by atoms with van der Waals surface area (Å²) in [7, 11) is 0. The van der Waals surface area contributed by atoms with Crippen molar-refractivity contribution in [2.45, 2.75) is 13.5 Å².